The zero-order valence-corrected chi connectivity index (χ0v) is 8.23. The highest BCUT2D eigenvalue weighted by atomic mass is 35.5. The normalized spacial score (nSPS) is 11.5. The lowest BCUT2D eigenvalue weighted by Crippen LogP contribution is -1.70. The summed E-state index contributed by atoms with van der Waals surface area (Å²) in [5.74, 6) is 0. The molecule has 0 heterocycles. The van der Waals surface area contributed by atoms with Gasteiger partial charge < -0.3 is 14.7 Å². The molecule has 0 rings (SSSR count). The number of phosphoric acid groups is 1. The van der Waals surface area contributed by atoms with E-state index in [2.05, 4.69) is 0 Å². The molecule has 0 bridgehead atoms. The predicted octanol–water partition coefficient (Wildman–Crippen LogP) is 1.61. The van der Waals surface area contributed by atoms with Crippen molar-refractivity contribution in [3.8, 4) is 0 Å². The van der Waals surface area contributed by atoms with Crippen LogP contribution in [0.5, 0.6) is 0 Å². The molecule has 0 aliphatic heterocycles. The van der Waals surface area contributed by atoms with Crippen molar-refractivity contribution in [1.29, 1.82) is 0 Å². The summed E-state index contributed by atoms with van der Waals surface area (Å²) >= 11 is 15.4. The predicted molar refractivity (Wildman–Crippen MR) is 44.7 cm³/mol. The van der Waals surface area contributed by atoms with Crippen molar-refractivity contribution in [1.82, 2.24) is 0 Å². The van der Waals surface area contributed by atoms with Crippen LogP contribution in [0.1, 0.15) is 0 Å². The van der Waals surface area contributed by atoms with Crippen LogP contribution in [-0.4, -0.2) is 19.5 Å². The van der Waals surface area contributed by atoms with Crippen molar-refractivity contribution in [2.45, 2.75) is 4.84 Å². The third-order valence-corrected chi connectivity index (χ3v) is 0.655. The summed E-state index contributed by atoms with van der Waals surface area (Å²) in [4.78, 5) is 21.1. The molecule has 0 saturated carbocycles. The van der Waals surface area contributed by atoms with Crippen molar-refractivity contribution in [2.75, 3.05) is 0 Å². The summed E-state index contributed by atoms with van der Waals surface area (Å²) in [5, 5.41) is 0. The highest BCUT2D eigenvalue weighted by molar-refractivity contribution is 7.45. The molecular formula is C3H6Cl3O4P. The summed E-state index contributed by atoms with van der Waals surface area (Å²) in [7, 11) is -4.64. The fourth-order valence-electron chi connectivity index (χ4n) is 0.0550. The van der Waals surface area contributed by atoms with E-state index in [1.54, 1.807) is 0 Å². The lowest BCUT2D eigenvalue weighted by Gasteiger charge is -1.82. The van der Waals surface area contributed by atoms with Crippen LogP contribution in [0.4, 0.5) is 0 Å². The molecule has 11 heavy (non-hydrogen) atoms. The molecule has 0 saturated heterocycles. The van der Waals surface area contributed by atoms with Crippen molar-refractivity contribution >= 4 is 42.6 Å². The molecule has 0 aromatic rings. The molecule has 8 heteroatoms. The van der Waals surface area contributed by atoms with Gasteiger partial charge in [-0.2, -0.15) is 0 Å². The molecular weight excluding hydrogens is 237 g/mol. The number of hydrogen-bond donors (Lipinski definition) is 3. The average molecular weight is 243 g/mol. The summed E-state index contributed by atoms with van der Waals surface area (Å²) in [5.41, 5.74) is 1.28. The summed E-state index contributed by atoms with van der Waals surface area (Å²) in [6.07, 6.45) is 1.46. The maximum Gasteiger partial charge on any atom is 0.466 e. The van der Waals surface area contributed by atoms with Gasteiger partial charge in [-0.3, -0.25) is 0 Å². The monoisotopic (exact) mass is 242 g/mol. The van der Waals surface area contributed by atoms with Crippen molar-refractivity contribution in [2.24, 2.45) is 0 Å². The fourth-order valence-corrected chi connectivity index (χ4v) is 0.495. The van der Waals surface area contributed by atoms with Crippen molar-refractivity contribution in [3.63, 3.8) is 0 Å². The molecule has 0 aromatic carbocycles. The van der Waals surface area contributed by atoms with E-state index in [0.717, 1.165) is 0 Å². The number of hydrogen-bond acceptors (Lipinski definition) is 1. The van der Waals surface area contributed by atoms with Gasteiger partial charge >= 0.3 is 7.82 Å². The van der Waals surface area contributed by atoms with Gasteiger partial charge in [-0.25, -0.2) is 4.57 Å². The van der Waals surface area contributed by atoms with E-state index in [9.17, 15) is 0 Å². The standard InChI is InChI=1S/C3H3Cl3.H3O4P/c4-2-1-3(5)6;1-5(2,3)4/h1-3H;(H3,1,2,3,4). The maximum absolute atomic E-state index is 8.88. The SMILES string of the molecule is ClC=CC(Cl)Cl.O=P(O)(O)O. The van der Waals surface area contributed by atoms with E-state index >= 15 is 0 Å². The summed E-state index contributed by atoms with van der Waals surface area (Å²) in [6, 6.07) is 0. The van der Waals surface area contributed by atoms with Gasteiger partial charge in [0, 0.05) is 5.54 Å². The van der Waals surface area contributed by atoms with Crippen LogP contribution in [0.25, 0.3) is 0 Å². The second-order valence-electron chi connectivity index (χ2n) is 1.17. The Hall–Kier alpha value is 0.720. The van der Waals surface area contributed by atoms with E-state index in [0.29, 0.717) is 0 Å². The zero-order chi connectivity index (χ0) is 9.49. The Labute approximate surface area is 78.6 Å². The Balaban J connectivity index is 0. The minimum absolute atomic E-state index is 0.470. The quantitative estimate of drug-likeness (QED) is 0.483. The van der Waals surface area contributed by atoms with Crippen LogP contribution in [-0.2, 0) is 4.57 Å². The highest BCUT2D eigenvalue weighted by Gasteiger charge is 2.00. The van der Waals surface area contributed by atoms with Crippen LogP contribution in [0.3, 0.4) is 0 Å². The van der Waals surface area contributed by atoms with Crippen molar-refractivity contribution < 1.29 is 19.2 Å². The molecule has 0 aliphatic carbocycles. The number of rotatable bonds is 1. The van der Waals surface area contributed by atoms with Gasteiger partial charge in [0.2, 0.25) is 0 Å². The lowest BCUT2D eigenvalue weighted by atomic mass is 10.8. The minimum Gasteiger partial charge on any atom is -0.303 e. The van der Waals surface area contributed by atoms with Gasteiger partial charge in [0.05, 0.1) is 0 Å². The van der Waals surface area contributed by atoms with Gasteiger partial charge in [-0.15, -0.1) is 23.2 Å². The van der Waals surface area contributed by atoms with Crippen LogP contribution in [0.2, 0.25) is 0 Å². The van der Waals surface area contributed by atoms with E-state index < -0.39 is 12.7 Å². The van der Waals surface area contributed by atoms with Gasteiger partial charge in [0.25, 0.3) is 0 Å². The van der Waals surface area contributed by atoms with Crippen molar-refractivity contribution in [3.05, 3.63) is 11.6 Å². The van der Waals surface area contributed by atoms with E-state index in [1.165, 1.54) is 11.6 Å². The third-order valence-electron chi connectivity index (χ3n) is 0.218. The molecule has 0 fully saturated rings. The summed E-state index contributed by atoms with van der Waals surface area (Å²) < 4.78 is 8.88. The van der Waals surface area contributed by atoms with E-state index in [4.69, 9.17) is 54.0 Å². The van der Waals surface area contributed by atoms with Crippen LogP contribution >= 0.6 is 42.6 Å². The maximum atomic E-state index is 8.88. The van der Waals surface area contributed by atoms with Gasteiger partial charge in [0.15, 0.2) is 0 Å². The first-order valence-electron chi connectivity index (χ1n) is 2.10. The Morgan fingerprint density at radius 2 is 1.55 bits per heavy atom. The zero-order valence-electron chi connectivity index (χ0n) is 5.06. The number of alkyl halides is 2. The molecule has 68 valence electrons. The van der Waals surface area contributed by atoms with E-state index in [-0.39, 0.29) is 0 Å². The van der Waals surface area contributed by atoms with Crippen LogP contribution < -0.4 is 0 Å². The second kappa shape index (κ2) is 7.37. The molecule has 0 unspecified atom stereocenters. The molecule has 0 atom stereocenters. The molecule has 4 nitrogen and oxygen atoms in total. The Morgan fingerprint density at radius 3 is 1.55 bits per heavy atom. The molecule has 0 spiro atoms. The first-order chi connectivity index (χ1) is 4.77. The number of halogens is 3. The van der Waals surface area contributed by atoms with Gasteiger partial charge in [-0.05, 0) is 6.08 Å². The van der Waals surface area contributed by atoms with Crippen LogP contribution in [0.15, 0.2) is 11.6 Å². The molecule has 0 amide bonds. The van der Waals surface area contributed by atoms with Crippen LogP contribution in [0, 0.1) is 0 Å². The topological polar surface area (TPSA) is 77.8 Å². The second-order valence-corrected chi connectivity index (χ2v) is 3.61. The lowest BCUT2D eigenvalue weighted by molar-refractivity contribution is 0.275. The largest absolute Gasteiger partial charge is 0.466 e. The van der Waals surface area contributed by atoms with Gasteiger partial charge in [-0.1, -0.05) is 11.6 Å². The highest BCUT2D eigenvalue weighted by Crippen LogP contribution is 2.25. The molecule has 0 aliphatic rings. The first kappa shape index (κ1) is 14.3. The van der Waals surface area contributed by atoms with E-state index in [1.807, 2.05) is 0 Å². The molecule has 0 radical (unpaired) electrons. The van der Waals surface area contributed by atoms with Gasteiger partial charge in [0.1, 0.15) is 4.84 Å². The minimum atomic E-state index is -4.64. The molecule has 3 N–H and O–H groups in total. The Morgan fingerprint density at radius 1 is 1.27 bits per heavy atom. The fraction of sp³-hybridized carbons (Fsp3) is 0.333. The molecule has 0 aromatic heterocycles. The Kier molecular flexibility index (Phi) is 9.56. The smallest absolute Gasteiger partial charge is 0.303 e. The first-order valence-corrected chi connectivity index (χ1v) is 4.98. The third kappa shape index (κ3) is 58.9. The average Bonchev–Trinajstić information content (AvgIpc) is 1.58. The Bertz CT molecular complexity index is 144. The summed E-state index contributed by atoms with van der Waals surface area (Å²) in [6.45, 7) is 0. The number of allylic oxidation sites excluding steroid dienone is 1.